The summed E-state index contributed by atoms with van der Waals surface area (Å²) in [4.78, 5) is 7.86. The Morgan fingerprint density at radius 2 is 1.67 bits per heavy atom. The first-order chi connectivity index (χ1) is 11.5. The monoisotopic (exact) mass is 336 g/mol. The van der Waals surface area contributed by atoms with Gasteiger partial charge in [-0.3, -0.25) is 0 Å². The number of anilines is 3. The first-order valence-corrected chi connectivity index (χ1v) is 8.05. The van der Waals surface area contributed by atoms with E-state index in [4.69, 9.17) is 0 Å². The highest BCUT2D eigenvalue weighted by Gasteiger charge is 2.34. The molecular weight excluding hydrogens is 317 g/mol. The summed E-state index contributed by atoms with van der Waals surface area (Å²) in [6.45, 7) is 0. The van der Waals surface area contributed by atoms with E-state index in [0.717, 1.165) is 31.7 Å². The maximum Gasteiger partial charge on any atom is 0.433 e. The standard InChI is InChI=1S/C17H19F3N4/c18-17(19,20)14-11-15(21-12-7-3-1-4-8-12)24-16(23-14)22-13-9-5-2-6-10-13/h1,3-4,7-8,11,13H,2,5-6,9-10H2,(H2,21,22,23,24). The van der Waals surface area contributed by atoms with Crippen LogP contribution in [0.5, 0.6) is 0 Å². The Hall–Kier alpha value is -2.31. The van der Waals surface area contributed by atoms with Crippen molar-refractivity contribution < 1.29 is 13.2 Å². The Morgan fingerprint density at radius 1 is 0.958 bits per heavy atom. The molecule has 2 N–H and O–H groups in total. The molecular formula is C17H19F3N4. The molecule has 0 atom stereocenters. The number of hydrogen-bond donors (Lipinski definition) is 2. The summed E-state index contributed by atoms with van der Waals surface area (Å²) >= 11 is 0. The molecule has 0 unspecified atom stereocenters. The van der Waals surface area contributed by atoms with Crippen LogP contribution in [0.15, 0.2) is 36.4 Å². The number of hydrogen-bond acceptors (Lipinski definition) is 4. The molecule has 128 valence electrons. The Morgan fingerprint density at radius 3 is 2.33 bits per heavy atom. The average Bonchev–Trinajstić information content (AvgIpc) is 2.56. The van der Waals surface area contributed by atoms with Gasteiger partial charge in [-0.2, -0.15) is 18.2 Å². The second kappa shape index (κ2) is 7.07. The zero-order valence-corrected chi connectivity index (χ0v) is 13.1. The summed E-state index contributed by atoms with van der Waals surface area (Å²) < 4.78 is 39.4. The van der Waals surface area contributed by atoms with Crippen molar-refractivity contribution >= 4 is 17.5 Å². The highest BCUT2D eigenvalue weighted by molar-refractivity contribution is 5.57. The first kappa shape index (κ1) is 16.5. The van der Waals surface area contributed by atoms with E-state index in [-0.39, 0.29) is 17.8 Å². The number of rotatable bonds is 4. The molecule has 1 saturated carbocycles. The van der Waals surface area contributed by atoms with E-state index in [1.54, 1.807) is 24.3 Å². The van der Waals surface area contributed by atoms with Gasteiger partial charge < -0.3 is 10.6 Å². The van der Waals surface area contributed by atoms with E-state index in [1.807, 2.05) is 6.07 Å². The van der Waals surface area contributed by atoms with Crippen LogP contribution < -0.4 is 10.6 Å². The summed E-state index contributed by atoms with van der Waals surface area (Å²) in [5, 5.41) is 5.96. The van der Waals surface area contributed by atoms with Gasteiger partial charge in [0.2, 0.25) is 5.95 Å². The average molecular weight is 336 g/mol. The van der Waals surface area contributed by atoms with Crippen molar-refractivity contribution in [2.45, 2.75) is 44.3 Å². The lowest BCUT2D eigenvalue weighted by atomic mass is 9.96. The number of aromatic nitrogens is 2. The van der Waals surface area contributed by atoms with Crippen molar-refractivity contribution in [3.05, 3.63) is 42.1 Å². The van der Waals surface area contributed by atoms with E-state index < -0.39 is 11.9 Å². The molecule has 0 amide bonds. The van der Waals surface area contributed by atoms with Crippen LogP contribution in [0.2, 0.25) is 0 Å². The van der Waals surface area contributed by atoms with Crippen LogP contribution in [0.25, 0.3) is 0 Å². The van der Waals surface area contributed by atoms with E-state index in [0.29, 0.717) is 5.69 Å². The Bertz CT molecular complexity index is 667. The minimum atomic E-state index is -4.51. The Labute approximate surface area is 138 Å². The van der Waals surface area contributed by atoms with Crippen molar-refractivity contribution in [2.24, 2.45) is 0 Å². The van der Waals surface area contributed by atoms with Crippen LogP contribution in [0.4, 0.5) is 30.6 Å². The fraction of sp³-hybridized carbons (Fsp3) is 0.412. The molecule has 0 saturated heterocycles. The van der Waals surface area contributed by atoms with Crippen molar-refractivity contribution in [1.29, 1.82) is 0 Å². The van der Waals surface area contributed by atoms with Crippen molar-refractivity contribution in [1.82, 2.24) is 9.97 Å². The zero-order chi connectivity index (χ0) is 17.0. The van der Waals surface area contributed by atoms with Gasteiger partial charge in [-0.25, -0.2) is 4.98 Å². The predicted molar refractivity (Wildman–Crippen MR) is 87.3 cm³/mol. The summed E-state index contributed by atoms with van der Waals surface area (Å²) in [6, 6.07) is 10.0. The lowest BCUT2D eigenvalue weighted by molar-refractivity contribution is -0.141. The number of alkyl halides is 3. The highest BCUT2D eigenvalue weighted by atomic mass is 19.4. The molecule has 4 nitrogen and oxygen atoms in total. The molecule has 1 heterocycles. The number of nitrogens with zero attached hydrogens (tertiary/aromatic N) is 2. The molecule has 0 bridgehead atoms. The SMILES string of the molecule is FC(F)(F)c1cc(Nc2ccccc2)nc(NC2CCCCC2)n1. The van der Waals surface area contributed by atoms with Crippen LogP contribution in [-0.2, 0) is 6.18 Å². The minimum absolute atomic E-state index is 0.0233. The molecule has 1 aromatic carbocycles. The van der Waals surface area contributed by atoms with Gasteiger partial charge in [0.25, 0.3) is 0 Å². The molecule has 1 fully saturated rings. The van der Waals surface area contributed by atoms with E-state index >= 15 is 0 Å². The summed E-state index contributed by atoms with van der Waals surface area (Å²) in [5.41, 5.74) is -0.276. The van der Waals surface area contributed by atoms with Gasteiger partial charge >= 0.3 is 6.18 Å². The molecule has 7 heteroatoms. The third-order valence-electron chi connectivity index (χ3n) is 4.00. The summed E-state index contributed by atoms with van der Waals surface area (Å²) in [6.07, 6.45) is 0.668. The van der Waals surface area contributed by atoms with E-state index in [9.17, 15) is 13.2 Å². The predicted octanol–water partition coefficient (Wildman–Crippen LogP) is 4.98. The highest BCUT2D eigenvalue weighted by Crippen LogP contribution is 2.31. The molecule has 0 aliphatic heterocycles. The number of benzene rings is 1. The van der Waals surface area contributed by atoms with Gasteiger partial charge in [0.1, 0.15) is 5.82 Å². The number of para-hydroxylation sites is 1. The van der Waals surface area contributed by atoms with Crippen LogP contribution in [-0.4, -0.2) is 16.0 Å². The summed E-state index contributed by atoms with van der Waals surface area (Å²) in [5.74, 6) is 0.150. The lowest BCUT2D eigenvalue weighted by Gasteiger charge is -2.23. The third kappa shape index (κ3) is 4.37. The minimum Gasteiger partial charge on any atom is -0.351 e. The molecule has 1 aliphatic rings. The van der Waals surface area contributed by atoms with Crippen molar-refractivity contribution in [3.8, 4) is 0 Å². The maximum absolute atomic E-state index is 13.1. The molecule has 1 aliphatic carbocycles. The van der Waals surface area contributed by atoms with Gasteiger partial charge in [-0.15, -0.1) is 0 Å². The topological polar surface area (TPSA) is 49.8 Å². The van der Waals surface area contributed by atoms with Crippen molar-refractivity contribution in [3.63, 3.8) is 0 Å². The third-order valence-corrected chi connectivity index (χ3v) is 4.00. The van der Waals surface area contributed by atoms with Crippen LogP contribution in [0.1, 0.15) is 37.8 Å². The maximum atomic E-state index is 13.1. The second-order valence-corrected chi connectivity index (χ2v) is 5.93. The normalized spacial score (nSPS) is 16.0. The van der Waals surface area contributed by atoms with Crippen LogP contribution in [0, 0.1) is 0 Å². The second-order valence-electron chi connectivity index (χ2n) is 5.93. The smallest absolute Gasteiger partial charge is 0.351 e. The van der Waals surface area contributed by atoms with Gasteiger partial charge in [0, 0.05) is 17.8 Å². The lowest BCUT2D eigenvalue weighted by Crippen LogP contribution is -2.24. The van der Waals surface area contributed by atoms with Gasteiger partial charge in [0.05, 0.1) is 0 Å². The van der Waals surface area contributed by atoms with Gasteiger partial charge in [-0.1, -0.05) is 37.5 Å². The van der Waals surface area contributed by atoms with Gasteiger partial charge in [-0.05, 0) is 25.0 Å². The molecule has 0 radical (unpaired) electrons. The fourth-order valence-corrected chi connectivity index (χ4v) is 2.82. The quantitative estimate of drug-likeness (QED) is 0.826. The molecule has 3 rings (SSSR count). The fourth-order valence-electron chi connectivity index (χ4n) is 2.82. The van der Waals surface area contributed by atoms with Crippen LogP contribution >= 0.6 is 0 Å². The van der Waals surface area contributed by atoms with Gasteiger partial charge in [0.15, 0.2) is 5.69 Å². The molecule has 0 spiro atoms. The Kier molecular flexibility index (Phi) is 4.87. The van der Waals surface area contributed by atoms with Crippen LogP contribution in [0.3, 0.4) is 0 Å². The van der Waals surface area contributed by atoms with E-state index in [2.05, 4.69) is 20.6 Å². The van der Waals surface area contributed by atoms with E-state index in [1.165, 1.54) is 6.42 Å². The Balaban J connectivity index is 1.85. The number of halogens is 3. The first-order valence-electron chi connectivity index (χ1n) is 8.05. The molecule has 2 aromatic rings. The summed E-state index contributed by atoms with van der Waals surface area (Å²) in [7, 11) is 0. The van der Waals surface area contributed by atoms with Crippen molar-refractivity contribution in [2.75, 3.05) is 10.6 Å². The number of nitrogens with one attached hydrogen (secondary N) is 2. The zero-order valence-electron chi connectivity index (χ0n) is 13.1. The molecule has 24 heavy (non-hydrogen) atoms. The molecule has 1 aromatic heterocycles. The largest absolute Gasteiger partial charge is 0.433 e.